The van der Waals surface area contributed by atoms with Crippen LogP contribution in [0, 0.1) is 17.3 Å². The molecule has 1 rings (SSSR count). The van der Waals surface area contributed by atoms with Crippen molar-refractivity contribution in [3.63, 3.8) is 0 Å². The summed E-state index contributed by atoms with van der Waals surface area (Å²) in [5.74, 6) is -1.71. The molecule has 0 aromatic carbocycles. The number of halogens is 3. The third kappa shape index (κ3) is 2.98. The van der Waals surface area contributed by atoms with Crippen molar-refractivity contribution < 1.29 is 18.0 Å². The molecule has 0 aromatic rings. The van der Waals surface area contributed by atoms with Crippen molar-refractivity contribution in [1.82, 2.24) is 0 Å². The zero-order valence-electron chi connectivity index (χ0n) is 9.97. The van der Waals surface area contributed by atoms with E-state index in [0.29, 0.717) is 0 Å². The van der Waals surface area contributed by atoms with Crippen molar-refractivity contribution in [2.75, 3.05) is 0 Å². The summed E-state index contributed by atoms with van der Waals surface area (Å²) in [6.07, 6.45) is -3.54. The standard InChI is InChI=1S/C12H19F3O/c1-12(2,3)10(16)8-5-4-7(11(14)15)6-9(8)13/h7-9,11H,4-6H2,1-3H3. The second kappa shape index (κ2) is 4.76. The molecular weight excluding hydrogens is 217 g/mol. The zero-order valence-corrected chi connectivity index (χ0v) is 9.97. The Kier molecular flexibility index (Phi) is 4.02. The number of rotatable bonds is 2. The third-order valence-corrected chi connectivity index (χ3v) is 3.25. The number of ketones is 1. The van der Waals surface area contributed by atoms with Gasteiger partial charge in [0.25, 0.3) is 0 Å². The van der Waals surface area contributed by atoms with Gasteiger partial charge in [-0.15, -0.1) is 0 Å². The maximum atomic E-state index is 13.7. The Morgan fingerprint density at radius 3 is 2.19 bits per heavy atom. The van der Waals surface area contributed by atoms with Crippen LogP contribution in [0.5, 0.6) is 0 Å². The average Bonchev–Trinajstić information content (AvgIpc) is 2.15. The fourth-order valence-corrected chi connectivity index (χ4v) is 2.23. The zero-order chi connectivity index (χ0) is 12.5. The van der Waals surface area contributed by atoms with Crippen molar-refractivity contribution in [2.24, 2.45) is 17.3 Å². The Morgan fingerprint density at radius 1 is 1.25 bits per heavy atom. The maximum Gasteiger partial charge on any atom is 0.241 e. The highest BCUT2D eigenvalue weighted by Crippen LogP contribution is 2.38. The Balaban J connectivity index is 2.64. The molecule has 1 aliphatic rings. The number of carbonyl (C=O) groups excluding carboxylic acids is 1. The molecular formula is C12H19F3O. The van der Waals surface area contributed by atoms with Gasteiger partial charge in [0.1, 0.15) is 12.0 Å². The van der Waals surface area contributed by atoms with Crippen LogP contribution in [0.2, 0.25) is 0 Å². The van der Waals surface area contributed by atoms with Crippen LogP contribution < -0.4 is 0 Å². The van der Waals surface area contributed by atoms with Gasteiger partial charge in [-0.3, -0.25) is 4.79 Å². The SMILES string of the molecule is CC(C)(C)C(=O)C1CCC(C(F)F)CC1F. The average molecular weight is 236 g/mol. The van der Waals surface area contributed by atoms with Gasteiger partial charge >= 0.3 is 0 Å². The van der Waals surface area contributed by atoms with Crippen LogP contribution >= 0.6 is 0 Å². The van der Waals surface area contributed by atoms with E-state index in [1.54, 1.807) is 20.8 Å². The highest BCUT2D eigenvalue weighted by atomic mass is 19.3. The van der Waals surface area contributed by atoms with E-state index in [-0.39, 0.29) is 25.0 Å². The highest BCUT2D eigenvalue weighted by molar-refractivity contribution is 5.86. The number of hydrogen-bond acceptors (Lipinski definition) is 1. The van der Waals surface area contributed by atoms with Gasteiger partial charge in [0.15, 0.2) is 0 Å². The molecule has 94 valence electrons. The van der Waals surface area contributed by atoms with Gasteiger partial charge in [-0.1, -0.05) is 20.8 Å². The molecule has 0 aliphatic heterocycles. The summed E-state index contributed by atoms with van der Waals surface area (Å²) in [7, 11) is 0. The van der Waals surface area contributed by atoms with E-state index in [1.807, 2.05) is 0 Å². The minimum absolute atomic E-state index is 0.146. The minimum atomic E-state index is -2.47. The van der Waals surface area contributed by atoms with Crippen LogP contribution in [-0.4, -0.2) is 18.4 Å². The molecule has 0 N–H and O–H groups in total. The maximum absolute atomic E-state index is 13.7. The largest absolute Gasteiger partial charge is 0.299 e. The summed E-state index contributed by atoms with van der Waals surface area (Å²) >= 11 is 0. The van der Waals surface area contributed by atoms with Crippen molar-refractivity contribution >= 4 is 5.78 Å². The van der Waals surface area contributed by atoms with Gasteiger partial charge < -0.3 is 0 Å². The third-order valence-electron chi connectivity index (χ3n) is 3.25. The molecule has 16 heavy (non-hydrogen) atoms. The van der Waals surface area contributed by atoms with Crippen LogP contribution in [0.25, 0.3) is 0 Å². The summed E-state index contributed by atoms with van der Waals surface area (Å²) in [6.45, 7) is 5.21. The molecule has 0 heterocycles. The van der Waals surface area contributed by atoms with Crippen LogP contribution in [0.4, 0.5) is 13.2 Å². The Morgan fingerprint density at radius 2 is 1.81 bits per heavy atom. The lowest BCUT2D eigenvalue weighted by atomic mass is 9.72. The number of Topliss-reactive ketones (excluding diaryl/α,β-unsaturated/α-hetero) is 1. The Hall–Kier alpha value is -0.540. The van der Waals surface area contributed by atoms with E-state index in [2.05, 4.69) is 0 Å². The van der Waals surface area contributed by atoms with Crippen molar-refractivity contribution in [3.05, 3.63) is 0 Å². The summed E-state index contributed by atoms with van der Waals surface area (Å²) < 4.78 is 38.5. The summed E-state index contributed by atoms with van der Waals surface area (Å²) in [5.41, 5.74) is -0.591. The first kappa shape index (κ1) is 13.5. The molecule has 0 amide bonds. The van der Waals surface area contributed by atoms with E-state index in [0.717, 1.165) is 0 Å². The molecule has 0 radical (unpaired) electrons. The van der Waals surface area contributed by atoms with Crippen molar-refractivity contribution in [3.8, 4) is 0 Å². The molecule has 1 nitrogen and oxygen atoms in total. The second-order valence-electron chi connectivity index (χ2n) is 5.64. The predicted molar refractivity (Wildman–Crippen MR) is 56.2 cm³/mol. The summed E-state index contributed by atoms with van der Waals surface area (Å²) in [5, 5.41) is 0. The fraction of sp³-hybridized carbons (Fsp3) is 0.917. The molecule has 3 atom stereocenters. The van der Waals surface area contributed by atoms with E-state index in [9.17, 15) is 18.0 Å². The number of alkyl halides is 3. The smallest absolute Gasteiger partial charge is 0.241 e. The van der Waals surface area contributed by atoms with E-state index in [1.165, 1.54) is 0 Å². The minimum Gasteiger partial charge on any atom is -0.299 e. The predicted octanol–water partition coefficient (Wildman–Crippen LogP) is 3.62. The van der Waals surface area contributed by atoms with E-state index >= 15 is 0 Å². The molecule has 4 heteroatoms. The second-order valence-corrected chi connectivity index (χ2v) is 5.64. The van der Waals surface area contributed by atoms with Crippen LogP contribution in [0.1, 0.15) is 40.0 Å². The molecule has 0 spiro atoms. The lowest BCUT2D eigenvalue weighted by molar-refractivity contribution is -0.135. The highest BCUT2D eigenvalue weighted by Gasteiger charge is 2.41. The first-order chi connectivity index (χ1) is 7.23. The fourth-order valence-electron chi connectivity index (χ4n) is 2.23. The molecule has 0 aromatic heterocycles. The van der Waals surface area contributed by atoms with Crippen LogP contribution in [0.15, 0.2) is 0 Å². The molecule has 1 aliphatic carbocycles. The van der Waals surface area contributed by atoms with Gasteiger partial charge in [-0.25, -0.2) is 13.2 Å². The lowest BCUT2D eigenvalue weighted by Crippen LogP contribution is -2.39. The lowest BCUT2D eigenvalue weighted by Gasteiger charge is -2.33. The number of carbonyl (C=O) groups is 1. The van der Waals surface area contributed by atoms with E-state index < -0.39 is 29.8 Å². The molecule has 1 saturated carbocycles. The Bertz CT molecular complexity index is 257. The Labute approximate surface area is 94.4 Å². The first-order valence-corrected chi connectivity index (χ1v) is 5.70. The van der Waals surface area contributed by atoms with Gasteiger partial charge in [0, 0.05) is 17.3 Å². The molecule has 1 fully saturated rings. The van der Waals surface area contributed by atoms with Crippen LogP contribution in [0.3, 0.4) is 0 Å². The van der Waals surface area contributed by atoms with Gasteiger partial charge in [-0.05, 0) is 19.3 Å². The first-order valence-electron chi connectivity index (χ1n) is 5.70. The van der Waals surface area contributed by atoms with E-state index in [4.69, 9.17) is 0 Å². The van der Waals surface area contributed by atoms with Gasteiger partial charge in [0.2, 0.25) is 6.43 Å². The quantitative estimate of drug-likeness (QED) is 0.715. The van der Waals surface area contributed by atoms with Gasteiger partial charge in [-0.2, -0.15) is 0 Å². The van der Waals surface area contributed by atoms with Gasteiger partial charge in [0.05, 0.1) is 0 Å². The molecule has 0 saturated heterocycles. The normalized spacial score (nSPS) is 31.8. The summed E-state index contributed by atoms with van der Waals surface area (Å²) in [4.78, 5) is 11.9. The molecule has 3 unspecified atom stereocenters. The summed E-state index contributed by atoms with van der Waals surface area (Å²) in [6, 6.07) is 0. The monoisotopic (exact) mass is 236 g/mol. The topological polar surface area (TPSA) is 17.1 Å². The number of hydrogen-bond donors (Lipinski definition) is 0. The molecule has 0 bridgehead atoms. The van der Waals surface area contributed by atoms with Crippen molar-refractivity contribution in [2.45, 2.75) is 52.6 Å². The van der Waals surface area contributed by atoms with Crippen LogP contribution in [-0.2, 0) is 4.79 Å². The van der Waals surface area contributed by atoms with Crippen molar-refractivity contribution in [1.29, 1.82) is 0 Å².